The first kappa shape index (κ1) is 20.2. The lowest BCUT2D eigenvalue weighted by molar-refractivity contribution is 0.121. The topological polar surface area (TPSA) is 97.3 Å². The zero-order valence-corrected chi connectivity index (χ0v) is 18.4. The number of hydrogen-bond acceptors (Lipinski definition) is 7. The second-order valence-electron chi connectivity index (χ2n) is 9.50. The number of nitrogen functional groups attached to an aromatic ring is 1. The van der Waals surface area contributed by atoms with Crippen LogP contribution in [0.3, 0.4) is 0 Å². The van der Waals surface area contributed by atoms with E-state index in [4.69, 9.17) is 20.6 Å². The number of nitrogens with two attached hydrogens (primary N) is 1. The molecule has 2 heterocycles. The molecule has 7 heteroatoms. The minimum Gasteiger partial charge on any atom is -0.488 e. The molecular weight excluding hydrogens is 390 g/mol. The Kier molecular flexibility index (Phi) is 5.08. The Morgan fingerprint density at radius 2 is 1.90 bits per heavy atom. The maximum Gasteiger partial charge on any atom is 0.143 e. The molecule has 2 aromatic rings. The number of aromatic nitrogens is 2. The van der Waals surface area contributed by atoms with Crippen LogP contribution in [0.25, 0.3) is 11.3 Å². The Bertz CT molecular complexity index is 1000. The van der Waals surface area contributed by atoms with E-state index in [0.29, 0.717) is 5.82 Å². The van der Waals surface area contributed by atoms with Gasteiger partial charge in [0.05, 0.1) is 30.7 Å². The van der Waals surface area contributed by atoms with Crippen molar-refractivity contribution in [2.75, 3.05) is 36.9 Å². The van der Waals surface area contributed by atoms with Gasteiger partial charge in [-0.2, -0.15) is 0 Å². The summed E-state index contributed by atoms with van der Waals surface area (Å²) in [6.45, 7) is 7.58. The second kappa shape index (κ2) is 7.79. The molecule has 0 amide bonds. The molecule has 31 heavy (non-hydrogen) atoms. The van der Waals surface area contributed by atoms with Crippen molar-refractivity contribution in [1.82, 2.24) is 9.97 Å². The van der Waals surface area contributed by atoms with Gasteiger partial charge in [0.2, 0.25) is 0 Å². The third-order valence-corrected chi connectivity index (χ3v) is 6.83. The summed E-state index contributed by atoms with van der Waals surface area (Å²) in [5, 5.41) is 7.92. The van der Waals surface area contributed by atoms with Gasteiger partial charge in [0.25, 0.3) is 0 Å². The predicted molar refractivity (Wildman–Crippen MR) is 122 cm³/mol. The lowest BCUT2D eigenvalue weighted by Crippen LogP contribution is -2.38. The van der Waals surface area contributed by atoms with Gasteiger partial charge in [-0.05, 0) is 55.2 Å². The molecule has 0 bridgehead atoms. The van der Waals surface area contributed by atoms with Crippen molar-refractivity contribution in [3.63, 3.8) is 0 Å². The smallest absolute Gasteiger partial charge is 0.143 e. The largest absolute Gasteiger partial charge is 0.488 e. The van der Waals surface area contributed by atoms with Gasteiger partial charge in [0.15, 0.2) is 0 Å². The first-order valence-corrected chi connectivity index (χ1v) is 11.3. The highest BCUT2D eigenvalue weighted by Gasteiger charge is 2.38. The Hall–Kier alpha value is -2.67. The van der Waals surface area contributed by atoms with Gasteiger partial charge >= 0.3 is 0 Å². The number of fused-ring (bicyclic) bond motifs is 3. The Balaban J connectivity index is 1.62. The van der Waals surface area contributed by atoms with Crippen LogP contribution in [0.4, 0.5) is 11.5 Å². The Labute approximate surface area is 183 Å². The van der Waals surface area contributed by atoms with E-state index in [9.17, 15) is 0 Å². The van der Waals surface area contributed by atoms with Crippen LogP contribution < -0.4 is 15.4 Å². The highest BCUT2D eigenvalue weighted by atomic mass is 16.5. The average molecular weight is 422 g/mol. The monoisotopic (exact) mass is 421 g/mol. The van der Waals surface area contributed by atoms with E-state index in [2.05, 4.69) is 40.8 Å². The highest BCUT2D eigenvalue weighted by molar-refractivity contribution is 5.84. The first-order chi connectivity index (χ1) is 14.9. The third-order valence-electron chi connectivity index (χ3n) is 6.83. The molecule has 1 aromatic carbocycles. The van der Waals surface area contributed by atoms with E-state index < -0.39 is 0 Å². The molecule has 0 unspecified atom stereocenters. The Morgan fingerprint density at radius 1 is 1.16 bits per heavy atom. The molecule has 0 spiro atoms. The number of nitrogens with zero attached hydrogens (tertiary/aromatic N) is 3. The normalized spacial score (nSPS) is 22.6. The van der Waals surface area contributed by atoms with Crippen molar-refractivity contribution in [2.45, 2.75) is 57.5 Å². The number of morpholine rings is 1. The van der Waals surface area contributed by atoms with Crippen molar-refractivity contribution in [1.29, 1.82) is 5.41 Å². The fourth-order valence-electron chi connectivity index (χ4n) is 5.28. The number of nitrogens with one attached hydrogen (secondary N) is 1. The molecule has 164 valence electrons. The van der Waals surface area contributed by atoms with Gasteiger partial charge in [-0.1, -0.05) is 13.8 Å². The standard InChI is InChI=1S/C24H31N5O2/c1-24(2)13-18-17(21-20(24)23(26)28-14-27-21)7-8-19(22(18)29-9-11-30-12-10-29)31-16-5-3-15(25)4-6-16/h7-8,14,16,25H,3-6,9-13H2,1-2H3,(H2,26,27,28). The second-order valence-corrected chi connectivity index (χ2v) is 9.50. The van der Waals surface area contributed by atoms with Crippen LogP contribution in [0, 0.1) is 5.41 Å². The summed E-state index contributed by atoms with van der Waals surface area (Å²) in [5.41, 5.74) is 12.5. The van der Waals surface area contributed by atoms with E-state index in [1.165, 1.54) is 11.3 Å². The number of ether oxygens (including phenoxy) is 2. The fraction of sp³-hybridized carbons (Fsp3) is 0.542. The van der Waals surface area contributed by atoms with Crippen LogP contribution >= 0.6 is 0 Å². The fourth-order valence-corrected chi connectivity index (χ4v) is 5.28. The number of anilines is 2. The van der Waals surface area contributed by atoms with Gasteiger partial charge in [-0.3, -0.25) is 0 Å². The van der Waals surface area contributed by atoms with E-state index in [-0.39, 0.29) is 11.5 Å². The lowest BCUT2D eigenvalue weighted by atomic mass is 9.71. The van der Waals surface area contributed by atoms with Crippen molar-refractivity contribution in [3.8, 4) is 17.0 Å². The molecule has 2 aliphatic carbocycles. The molecule has 1 aliphatic heterocycles. The van der Waals surface area contributed by atoms with Gasteiger partial charge in [-0.15, -0.1) is 0 Å². The molecular formula is C24H31N5O2. The van der Waals surface area contributed by atoms with Gasteiger partial charge in [0.1, 0.15) is 17.9 Å². The molecule has 5 rings (SSSR count). The summed E-state index contributed by atoms with van der Waals surface area (Å²) >= 11 is 0. The lowest BCUT2D eigenvalue weighted by Gasteiger charge is -2.39. The minimum atomic E-state index is -0.173. The maximum absolute atomic E-state index is 7.92. The van der Waals surface area contributed by atoms with Crippen molar-refractivity contribution >= 4 is 17.2 Å². The van der Waals surface area contributed by atoms with Crippen LogP contribution in [-0.4, -0.2) is 48.1 Å². The van der Waals surface area contributed by atoms with Crippen molar-refractivity contribution in [3.05, 3.63) is 29.6 Å². The van der Waals surface area contributed by atoms with E-state index >= 15 is 0 Å². The minimum absolute atomic E-state index is 0.161. The number of benzene rings is 1. The molecule has 0 radical (unpaired) electrons. The predicted octanol–water partition coefficient (Wildman–Crippen LogP) is 3.74. The van der Waals surface area contributed by atoms with E-state index in [1.807, 2.05) is 0 Å². The molecule has 2 fully saturated rings. The van der Waals surface area contributed by atoms with Crippen molar-refractivity contribution in [2.24, 2.45) is 0 Å². The summed E-state index contributed by atoms with van der Waals surface area (Å²) in [5.74, 6) is 1.51. The molecule has 1 aromatic heterocycles. The summed E-state index contributed by atoms with van der Waals surface area (Å²) < 4.78 is 12.2. The van der Waals surface area contributed by atoms with Crippen LogP contribution in [-0.2, 0) is 16.6 Å². The van der Waals surface area contributed by atoms with E-state index in [0.717, 1.165) is 86.7 Å². The van der Waals surface area contributed by atoms with Gasteiger partial charge in [0, 0.05) is 29.9 Å². The maximum atomic E-state index is 7.92. The molecule has 7 nitrogen and oxygen atoms in total. The van der Waals surface area contributed by atoms with Crippen molar-refractivity contribution < 1.29 is 9.47 Å². The molecule has 3 N–H and O–H groups in total. The summed E-state index contributed by atoms with van der Waals surface area (Å²) in [6, 6.07) is 4.24. The molecule has 0 atom stereocenters. The third kappa shape index (κ3) is 3.65. The average Bonchev–Trinajstić information content (AvgIpc) is 2.75. The quantitative estimate of drug-likeness (QED) is 0.784. The number of hydrogen-bond donors (Lipinski definition) is 2. The SMILES string of the molecule is CC1(C)Cc2c(ccc(OC3CCC(=N)CC3)c2N2CCOCC2)-c2ncnc(N)c21. The van der Waals surface area contributed by atoms with Crippen LogP contribution in [0.1, 0.15) is 50.7 Å². The molecule has 1 saturated heterocycles. The Morgan fingerprint density at radius 3 is 2.65 bits per heavy atom. The summed E-state index contributed by atoms with van der Waals surface area (Å²) in [6.07, 6.45) is 6.07. The summed E-state index contributed by atoms with van der Waals surface area (Å²) in [7, 11) is 0. The zero-order chi connectivity index (χ0) is 21.6. The molecule has 1 saturated carbocycles. The van der Waals surface area contributed by atoms with Crippen LogP contribution in [0.5, 0.6) is 5.75 Å². The van der Waals surface area contributed by atoms with Gasteiger partial charge < -0.3 is 25.5 Å². The first-order valence-electron chi connectivity index (χ1n) is 11.3. The number of rotatable bonds is 3. The van der Waals surface area contributed by atoms with E-state index in [1.54, 1.807) is 6.33 Å². The highest BCUT2D eigenvalue weighted by Crippen LogP contribution is 2.49. The van der Waals surface area contributed by atoms with Crippen LogP contribution in [0.2, 0.25) is 0 Å². The molecule has 3 aliphatic rings. The zero-order valence-electron chi connectivity index (χ0n) is 18.4. The summed E-state index contributed by atoms with van der Waals surface area (Å²) in [4.78, 5) is 11.3. The van der Waals surface area contributed by atoms with Gasteiger partial charge in [-0.25, -0.2) is 9.97 Å². The van der Waals surface area contributed by atoms with Crippen LogP contribution in [0.15, 0.2) is 18.5 Å².